The molecule has 0 spiro atoms. The number of hydrogen-bond acceptors (Lipinski definition) is 4. The van der Waals surface area contributed by atoms with Crippen LogP contribution in [-0.4, -0.2) is 23.0 Å². The summed E-state index contributed by atoms with van der Waals surface area (Å²) >= 11 is 0. The third-order valence-corrected chi connectivity index (χ3v) is 3.06. The standard InChI is InChI=1S/C14H17N3O2/c1-9-13(10(2)19-16-9)8-17(3)14(18)11-5-4-6-12(15)7-11/h4-7H,8,15H2,1-3H3. The summed E-state index contributed by atoms with van der Waals surface area (Å²) in [4.78, 5) is 13.9. The van der Waals surface area contributed by atoms with Gasteiger partial charge in [0, 0.05) is 23.9 Å². The van der Waals surface area contributed by atoms with Gasteiger partial charge in [-0.3, -0.25) is 4.79 Å². The first-order valence-corrected chi connectivity index (χ1v) is 6.02. The molecule has 0 aliphatic carbocycles. The van der Waals surface area contributed by atoms with E-state index in [2.05, 4.69) is 5.16 Å². The summed E-state index contributed by atoms with van der Waals surface area (Å²) in [5.41, 5.74) is 8.60. The Balaban J connectivity index is 2.16. The van der Waals surface area contributed by atoms with Crippen LogP contribution in [0.15, 0.2) is 28.8 Å². The Morgan fingerprint density at radius 3 is 2.74 bits per heavy atom. The molecule has 0 radical (unpaired) electrons. The molecule has 2 N–H and O–H groups in total. The van der Waals surface area contributed by atoms with Gasteiger partial charge in [-0.25, -0.2) is 0 Å². The number of benzene rings is 1. The molecule has 0 saturated carbocycles. The summed E-state index contributed by atoms with van der Waals surface area (Å²) in [6.45, 7) is 4.17. The van der Waals surface area contributed by atoms with Crippen LogP contribution in [0.25, 0.3) is 0 Å². The maximum Gasteiger partial charge on any atom is 0.253 e. The predicted octanol–water partition coefficient (Wildman–Crippen LogP) is 2.15. The Morgan fingerprint density at radius 2 is 2.16 bits per heavy atom. The number of nitrogen functional groups attached to an aromatic ring is 1. The van der Waals surface area contributed by atoms with Crippen molar-refractivity contribution in [3.05, 3.63) is 46.8 Å². The van der Waals surface area contributed by atoms with Crippen molar-refractivity contribution in [2.75, 3.05) is 12.8 Å². The first kappa shape index (κ1) is 13.1. The average Bonchev–Trinajstić information content (AvgIpc) is 2.69. The molecular weight excluding hydrogens is 242 g/mol. The zero-order valence-electron chi connectivity index (χ0n) is 11.3. The van der Waals surface area contributed by atoms with Gasteiger partial charge in [-0.05, 0) is 32.0 Å². The number of amides is 1. The number of aromatic nitrogens is 1. The molecule has 0 fully saturated rings. The third-order valence-electron chi connectivity index (χ3n) is 3.06. The van der Waals surface area contributed by atoms with Crippen LogP contribution >= 0.6 is 0 Å². The summed E-state index contributed by atoms with van der Waals surface area (Å²) in [7, 11) is 1.75. The Bertz CT molecular complexity index is 585. The number of nitrogens with two attached hydrogens (primary N) is 1. The fraction of sp³-hybridized carbons (Fsp3) is 0.286. The van der Waals surface area contributed by atoms with Gasteiger partial charge in [0.1, 0.15) is 5.76 Å². The number of anilines is 1. The Kier molecular flexibility index (Phi) is 3.55. The topological polar surface area (TPSA) is 72.4 Å². The van der Waals surface area contributed by atoms with Crippen LogP contribution in [0.1, 0.15) is 27.4 Å². The molecular formula is C14H17N3O2. The molecule has 1 amide bonds. The lowest BCUT2D eigenvalue weighted by Gasteiger charge is -2.17. The molecule has 0 atom stereocenters. The number of carbonyl (C=O) groups is 1. The summed E-state index contributed by atoms with van der Waals surface area (Å²) in [6.07, 6.45) is 0. The van der Waals surface area contributed by atoms with Gasteiger partial charge in [-0.15, -0.1) is 0 Å². The quantitative estimate of drug-likeness (QED) is 0.857. The van der Waals surface area contributed by atoms with E-state index in [1.54, 1.807) is 36.2 Å². The predicted molar refractivity (Wildman–Crippen MR) is 72.6 cm³/mol. The van der Waals surface area contributed by atoms with E-state index in [1.807, 2.05) is 13.8 Å². The van der Waals surface area contributed by atoms with Crippen molar-refractivity contribution in [3.8, 4) is 0 Å². The van der Waals surface area contributed by atoms with Crippen LogP contribution in [-0.2, 0) is 6.54 Å². The number of rotatable bonds is 3. The van der Waals surface area contributed by atoms with Crippen molar-refractivity contribution in [3.63, 3.8) is 0 Å². The molecule has 0 bridgehead atoms. The zero-order valence-corrected chi connectivity index (χ0v) is 11.3. The molecule has 1 heterocycles. The highest BCUT2D eigenvalue weighted by Gasteiger charge is 2.16. The number of nitrogens with zero attached hydrogens (tertiary/aromatic N) is 2. The van der Waals surface area contributed by atoms with E-state index in [-0.39, 0.29) is 5.91 Å². The largest absolute Gasteiger partial charge is 0.399 e. The van der Waals surface area contributed by atoms with E-state index in [1.165, 1.54) is 0 Å². The van der Waals surface area contributed by atoms with E-state index in [0.717, 1.165) is 17.0 Å². The SMILES string of the molecule is Cc1noc(C)c1CN(C)C(=O)c1cccc(N)c1. The molecule has 0 unspecified atom stereocenters. The van der Waals surface area contributed by atoms with Crippen LogP contribution < -0.4 is 5.73 Å². The van der Waals surface area contributed by atoms with Crippen LogP contribution in [0.2, 0.25) is 0 Å². The average molecular weight is 259 g/mol. The minimum absolute atomic E-state index is 0.0766. The fourth-order valence-corrected chi connectivity index (χ4v) is 1.93. The monoisotopic (exact) mass is 259 g/mol. The van der Waals surface area contributed by atoms with Crippen LogP contribution in [0.4, 0.5) is 5.69 Å². The fourth-order valence-electron chi connectivity index (χ4n) is 1.93. The summed E-state index contributed by atoms with van der Waals surface area (Å²) in [5.74, 6) is 0.664. The summed E-state index contributed by atoms with van der Waals surface area (Å²) < 4.78 is 5.09. The van der Waals surface area contributed by atoms with Crippen molar-refractivity contribution in [2.24, 2.45) is 0 Å². The van der Waals surface area contributed by atoms with Gasteiger partial charge in [0.05, 0.1) is 12.2 Å². The molecule has 0 saturated heterocycles. The van der Waals surface area contributed by atoms with Crippen LogP contribution in [0, 0.1) is 13.8 Å². The zero-order chi connectivity index (χ0) is 14.0. The first-order valence-electron chi connectivity index (χ1n) is 6.02. The Hall–Kier alpha value is -2.30. The smallest absolute Gasteiger partial charge is 0.253 e. The number of carbonyl (C=O) groups excluding carboxylic acids is 1. The van der Waals surface area contributed by atoms with Crippen molar-refractivity contribution < 1.29 is 9.32 Å². The van der Waals surface area contributed by atoms with Gasteiger partial charge in [0.15, 0.2) is 0 Å². The minimum atomic E-state index is -0.0766. The molecule has 2 rings (SSSR count). The van der Waals surface area contributed by atoms with E-state index in [0.29, 0.717) is 17.8 Å². The maximum atomic E-state index is 12.3. The van der Waals surface area contributed by atoms with Gasteiger partial charge in [0.2, 0.25) is 0 Å². The highest BCUT2D eigenvalue weighted by molar-refractivity contribution is 5.94. The van der Waals surface area contributed by atoms with E-state index >= 15 is 0 Å². The third kappa shape index (κ3) is 2.76. The highest BCUT2D eigenvalue weighted by atomic mass is 16.5. The lowest BCUT2D eigenvalue weighted by Crippen LogP contribution is -2.26. The van der Waals surface area contributed by atoms with Crippen LogP contribution in [0.5, 0.6) is 0 Å². The molecule has 1 aromatic heterocycles. The van der Waals surface area contributed by atoms with E-state index in [9.17, 15) is 4.79 Å². The maximum absolute atomic E-state index is 12.3. The second kappa shape index (κ2) is 5.14. The lowest BCUT2D eigenvalue weighted by molar-refractivity contribution is 0.0784. The van der Waals surface area contributed by atoms with E-state index in [4.69, 9.17) is 10.3 Å². The second-order valence-corrected chi connectivity index (χ2v) is 4.59. The van der Waals surface area contributed by atoms with Gasteiger partial charge in [0.25, 0.3) is 5.91 Å². The summed E-state index contributed by atoms with van der Waals surface area (Å²) in [6, 6.07) is 6.95. The van der Waals surface area contributed by atoms with Gasteiger partial charge < -0.3 is 15.2 Å². The Morgan fingerprint density at radius 1 is 1.42 bits per heavy atom. The van der Waals surface area contributed by atoms with Crippen molar-refractivity contribution in [1.82, 2.24) is 10.1 Å². The summed E-state index contributed by atoms with van der Waals surface area (Å²) in [5, 5.41) is 3.88. The number of aryl methyl sites for hydroxylation is 2. The van der Waals surface area contributed by atoms with Gasteiger partial charge >= 0.3 is 0 Å². The van der Waals surface area contributed by atoms with Crippen molar-refractivity contribution in [2.45, 2.75) is 20.4 Å². The van der Waals surface area contributed by atoms with Gasteiger partial charge in [-0.2, -0.15) is 0 Å². The number of hydrogen-bond donors (Lipinski definition) is 1. The molecule has 5 heteroatoms. The normalized spacial score (nSPS) is 10.5. The molecule has 0 aliphatic rings. The molecule has 19 heavy (non-hydrogen) atoms. The highest BCUT2D eigenvalue weighted by Crippen LogP contribution is 2.16. The lowest BCUT2D eigenvalue weighted by atomic mass is 10.1. The Labute approximate surface area is 112 Å². The van der Waals surface area contributed by atoms with Crippen LogP contribution in [0.3, 0.4) is 0 Å². The molecule has 5 nitrogen and oxygen atoms in total. The van der Waals surface area contributed by atoms with Crippen molar-refractivity contribution >= 4 is 11.6 Å². The molecule has 100 valence electrons. The molecule has 2 aromatic rings. The first-order chi connectivity index (χ1) is 8.99. The van der Waals surface area contributed by atoms with E-state index < -0.39 is 0 Å². The molecule has 0 aliphatic heterocycles. The molecule has 1 aromatic carbocycles. The minimum Gasteiger partial charge on any atom is -0.399 e. The second-order valence-electron chi connectivity index (χ2n) is 4.59. The van der Waals surface area contributed by atoms with Crippen molar-refractivity contribution in [1.29, 1.82) is 0 Å². The van der Waals surface area contributed by atoms with Gasteiger partial charge in [-0.1, -0.05) is 11.2 Å².